The second kappa shape index (κ2) is 6.56. The fraction of sp³-hybridized carbons (Fsp3) is 0.818. The van der Waals surface area contributed by atoms with Crippen LogP contribution in [0.15, 0.2) is 0 Å². The Balaban J connectivity index is 2.57. The van der Waals surface area contributed by atoms with Crippen molar-refractivity contribution in [3.8, 4) is 0 Å². The average Bonchev–Trinajstić information content (AvgIpc) is 2.58. The van der Waals surface area contributed by atoms with Crippen LogP contribution < -0.4 is 0 Å². The van der Waals surface area contributed by atoms with Crippen molar-refractivity contribution in [3.05, 3.63) is 0 Å². The maximum Gasteiger partial charge on any atom is 0.413 e. The van der Waals surface area contributed by atoms with Crippen LogP contribution in [0.4, 0.5) is 4.79 Å². The van der Waals surface area contributed by atoms with Crippen LogP contribution >= 0.6 is 21.6 Å². The third-order valence-corrected chi connectivity index (χ3v) is 4.52. The molecule has 1 atom stereocenters. The van der Waals surface area contributed by atoms with Gasteiger partial charge in [0, 0.05) is 11.5 Å². The summed E-state index contributed by atoms with van der Waals surface area (Å²) < 4.78 is 10.2. The van der Waals surface area contributed by atoms with Crippen LogP contribution in [-0.4, -0.2) is 46.8 Å². The number of esters is 1. The molecule has 104 valence electrons. The minimum Gasteiger partial charge on any atom is -0.444 e. The summed E-state index contributed by atoms with van der Waals surface area (Å²) in [6.45, 7) is 7.40. The van der Waals surface area contributed by atoms with Gasteiger partial charge >= 0.3 is 12.1 Å². The maximum atomic E-state index is 11.9. The number of nitrogens with zero attached hydrogens (tertiary/aromatic N) is 1. The standard InChI is InChI=1S/C11H19NO4S2/c1-5-17-18-6-8-9(13)15-7-12(8)10(14)16-11(2,3)4/h8H,5-7H2,1-4H3. The quantitative estimate of drug-likeness (QED) is 0.451. The molecule has 0 N–H and O–H groups in total. The van der Waals surface area contributed by atoms with Crippen molar-refractivity contribution in [3.63, 3.8) is 0 Å². The Morgan fingerprint density at radius 3 is 2.72 bits per heavy atom. The van der Waals surface area contributed by atoms with Crippen molar-refractivity contribution in [1.29, 1.82) is 0 Å². The summed E-state index contributed by atoms with van der Waals surface area (Å²) in [4.78, 5) is 24.8. The summed E-state index contributed by atoms with van der Waals surface area (Å²) in [5, 5.41) is 0. The third kappa shape index (κ3) is 4.61. The Morgan fingerprint density at radius 1 is 1.50 bits per heavy atom. The van der Waals surface area contributed by atoms with Crippen molar-refractivity contribution >= 4 is 33.7 Å². The Bertz CT molecular complexity index is 317. The first-order valence-electron chi connectivity index (χ1n) is 5.76. The van der Waals surface area contributed by atoms with E-state index in [0.717, 1.165) is 5.75 Å². The van der Waals surface area contributed by atoms with Crippen LogP contribution in [0, 0.1) is 0 Å². The molecule has 0 saturated carbocycles. The second-order valence-electron chi connectivity index (χ2n) is 4.75. The van der Waals surface area contributed by atoms with Crippen molar-refractivity contribution in [2.24, 2.45) is 0 Å². The highest BCUT2D eigenvalue weighted by Gasteiger charge is 2.39. The van der Waals surface area contributed by atoms with E-state index in [2.05, 4.69) is 0 Å². The Morgan fingerprint density at radius 2 is 2.17 bits per heavy atom. The number of ether oxygens (including phenoxy) is 2. The molecule has 1 amide bonds. The van der Waals surface area contributed by atoms with E-state index in [0.29, 0.717) is 5.75 Å². The molecule has 0 radical (unpaired) electrons. The third-order valence-electron chi connectivity index (χ3n) is 2.05. The van der Waals surface area contributed by atoms with Gasteiger partial charge in [0.1, 0.15) is 11.6 Å². The van der Waals surface area contributed by atoms with Gasteiger partial charge in [-0.3, -0.25) is 4.90 Å². The van der Waals surface area contributed by atoms with Crippen molar-refractivity contribution in [2.45, 2.75) is 39.3 Å². The number of hydrogen-bond donors (Lipinski definition) is 0. The highest BCUT2D eigenvalue weighted by Crippen LogP contribution is 2.26. The molecule has 1 fully saturated rings. The van der Waals surface area contributed by atoms with E-state index >= 15 is 0 Å². The predicted octanol–water partition coefficient (Wildman–Crippen LogP) is 2.51. The SMILES string of the molecule is CCSSCC1C(=O)OCN1C(=O)OC(C)(C)C. The molecular weight excluding hydrogens is 274 g/mol. The number of carbonyl (C=O) groups is 2. The lowest BCUT2D eigenvalue weighted by molar-refractivity contribution is -0.138. The van der Waals surface area contributed by atoms with Crippen molar-refractivity contribution in [1.82, 2.24) is 4.90 Å². The molecule has 0 bridgehead atoms. The maximum absolute atomic E-state index is 11.9. The lowest BCUT2D eigenvalue weighted by Gasteiger charge is -2.25. The fourth-order valence-corrected chi connectivity index (χ4v) is 3.18. The van der Waals surface area contributed by atoms with E-state index in [-0.39, 0.29) is 12.7 Å². The zero-order chi connectivity index (χ0) is 13.8. The van der Waals surface area contributed by atoms with Gasteiger partial charge in [-0.05, 0) is 20.8 Å². The molecular formula is C11H19NO4S2. The molecule has 0 aromatic carbocycles. The Labute approximate surface area is 115 Å². The first-order valence-corrected chi connectivity index (χ1v) is 8.24. The first kappa shape index (κ1) is 15.5. The number of rotatable bonds is 4. The van der Waals surface area contributed by atoms with Gasteiger partial charge < -0.3 is 9.47 Å². The number of amides is 1. The van der Waals surface area contributed by atoms with Crippen LogP contribution in [0.5, 0.6) is 0 Å². The van der Waals surface area contributed by atoms with Gasteiger partial charge in [-0.15, -0.1) is 0 Å². The van der Waals surface area contributed by atoms with E-state index in [1.54, 1.807) is 42.4 Å². The summed E-state index contributed by atoms with van der Waals surface area (Å²) >= 11 is 0. The molecule has 5 nitrogen and oxygen atoms in total. The summed E-state index contributed by atoms with van der Waals surface area (Å²) in [6, 6.07) is -0.538. The van der Waals surface area contributed by atoms with Crippen LogP contribution in [0.1, 0.15) is 27.7 Å². The fourth-order valence-electron chi connectivity index (χ4n) is 1.30. The molecule has 0 spiro atoms. The summed E-state index contributed by atoms with van der Waals surface area (Å²) in [7, 11) is 3.21. The van der Waals surface area contributed by atoms with E-state index in [1.807, 2.05) is 6.92 Å². The molecule has 0 aromatic heterocycles. The minimum absolute atomic E-state index is 0.0181. The largest absolute Gasteiger partial charge is 0.444 e. The molecule has 1 heterocycles. The second-order valence-corrected chi connectivity index (χ2v) is 7.55. The summed E-state index contributed by atoms with van der Waals surface area (Å²) in [5.41, 5.74) is -0.571. The number of cyclic esters (lactones) is 1. The van der Waals surface area contributed by atoms with Gasteiger partial charge in [-0.1, -0.05) is 28.5 Å². The highest BCUT2D eigenvalue weighted by molar-refractivity contribution is 8.76. The molecule has 7 heteroatoms. The van der Waals surface area contributed by atoms with E-state index < -0.39 is 17.7 Å². The summed E-state index contributed by atoms with van der Waals surface area (Å²) in [6.07, 6.45) is -0.500. The summed E-state index contributed by atoms with van der Waals surface area (Å²) in [5.74, 6) is 1.13. The average molecular weight is 293 g/mol. The Kier molecular flexibility index (Phi) is 5.65. The van der Waals surface area contributed by atoms with Gasteiger partial charge in [-0.2, -0.15) is 0 Å². The monoisotopic (exact) mass is 293 g/mol. The molecule has 1 aliphatic heterocycles. The van der Waals surface area contributed by atoms with Gasteiger partial charge in [0.2, 0.25) is 0 Å². The van der Waals surface area contributed by atoms with Crippen molar-refractivity contribution in [2.75, 3.05) is 18.2 Å². The van der Waals surface area contributed by atoms with Crippen LogP contribution in [0.2, 0.25) is 0 Å². The lowest BCUT2D eigenvalue weighted by atomic mass is 10.2. The molecule has 1 aliphatic rings. The van der Waals surface area contributed by atoms with E-state index in [1.165, 1.54) is 4.90 Å². The van der Waals surface area contributed by atoms with Crippen LogP contribution in [0.3, 0.4) is 0 Å². The molecule has 1 unspecified atom stereocenters. The van der Waals surface area contributed by atoms with E-state index in [4.69, 9.17) is 9.47 Å². The first-order chi connectivity index (χ1) is 8.35. The topological polar surface area (TPSA) is 55.8 Å². The van der Waals surface area contributed by atoms with Gasteiger partial charge in [0.25, 0.3) is 0 Å². The predicted molar refractivity (Wildman–Crippen MR) is 73.4 cm³/mol. The number of hydrogen-bond acceptors (Lipinski definition) is 6. The Hall–Kier alpha value is -0.560. The van der Waals surface area contributed by atoms with Gasteiger partial charge in [0.15, 0.2) is 6.73 Å². The van der Waals surface area contributed by atoms with Gasteiger partial charge in [0.05, 0.1) is 0 Å². The highest BCUT2D eigenvalue weighted by atomic mass is 33.1. The zero-order valence-electron chi connectivity index (χ0n) is 11.1. The smallest absolute Gasteiger partial charge is 0.413 e. The van der Waals surface area contributed by atoms with Crippen molar-refractivity contribution < 1.29 is 19.1 Å². The molecule has 0 aromatic rings. The van der Waals surface area contributed by atoms with Gasteiger partial charge in [-0.25, -0.2) is 9.59 Å². The van der Waals surface area contributed by atoms with Crippen LogP contribution in [0.25, 0.3) is 0 Å². The molecule has 18 heavy (non-hydrogen) atoms. The minimum atomic E-state index is -0.571. The van der Waals surface area contributed by atoms with E-state index in [9.17, 15) is 9.59 Å². The lowest BCUT2D eigenvalue weighted by Crippen LogP contribution is -2.42. The molecule has 1 rings (SSSR count). The normalized spacial score (nSPS) is 19.9. The van der Waals surface area contributed by atoms with Crippen LogP contribution in [-0.2, 0) is 14.3 Å². The molecule has 1 saturated heterocycles. The zero-order valence-corrected chi connectivity index (χ0v) is 12.7. The molecule has 0 aliphatic carbocycles. The number of carbonyl (C=O) groups excluding carboxylic acids is 2.